The van der Waals surface area contributed by atoms with Gasteiger partial charge in [0.15, 0.2) is 5.43 Å². The van der Waals surface area contributed by atoms with Crippen molar-refractivity contribution in [3.63, 3.8) is 0 Å². The zero-order valence-corrected chi connectivity index (χ0v) is 15.7. The number of nitrogens with one attached hydrogen (secondary N) is 2. The maximum atomic E-state index is 13.2. The minimum Gasteiger partial charge on any atom is -0.349 e. The highest BCUT2D eigenvalue weighted by molar-refractivity contribution is 5.94. The second kappa shape index (κ2) is 7.32. The predicted molar refractivity (Wildman–Crippen MR) is 101 cm³/mol. The summed E-state index contributed by atoms with van der Waals surface area (Å²) in [6.45, 7) is 2.06. The molecular formula is C19H22FN5O2. The number of amides is 1. The first kappa shape index (κ1) is 18.8. The normalized spacial score (nSPS) is 12.5. The monoisotopic (exact) mass is 371 g/mol. The molecule has 1 unspecified atom stereocenters. The van der Waals surface area contributed by atoms with E-state index in [-0.39, 0.29) is 28.9 Å². The Hall–Kier alpha value is -3.00. The smallest absolute Gasteiger partial charge is 0.267 e. The lowest BCUT2D eigenvalue weighted by molar-refractivity contribution is 0.0937. The van der Waals surface area contributed by atoms with Crippen LogP contribution in [0.1, 0.15) is 27.8 Å². The number of aromatic nitrogens is 3. The third-order valence-electron chi connectivity index (χ3n) is 4.58. The Morgan fingerprint density at radius 1 is 1.33 bits per heavy atom. The summed E-state index contributed by atoms with van der Waals surface area (Å²) in [6.07, 6.45) is 0. The molecule has 3 rings (SSSR count). The van der Waals surface area contributed by atoms with Gasteiger partial charge in [0, 0.05) is 19.7 Å². The fraction of sp³-hybridized carbons (Fsp3) is 0.316. The molecule has 0 aliphatic heterocycles. The van der Waals surface area contributed by atoms with Crippen LogP contribution < -0.4 is 10.7 Å². The molecule has 0 fully saturated rings. The van der Waals surface area contributed by atoms with Crippen molar-refractivity contribution in [1.29, 1.82) is 0 Å². The van der Waals surface area contributed by atoms with Gasteiger partial charge in [0.2, 0.25) is 0 Å². The molecule has 142 valence electrons. The molecule has 2 N–H and O–H groups in total. The Kier molecular flexibility index (Phi) is 5.09. The summed E-state index contributed by atoms with van der Waals surface area (Å²) in [5, 5.41) is 7.53. The van der Waals surface area contributed by atoms with Crippen molar-refractivity contribution >= 4 is 16.9 Å². The van der Waals surface area contributed by atoms with Crippen LogP contribution in [0.15, 0.2) is 35.1 Å². The van der Waals surface area contributed by atoms with Crippen LogP contribution in [0.25, 0.3) is 11.0 Å². The molecule has 0 bridgehead atoms. The molecule has 0 aliphatic rings. The predicted octanol–water partition coefficient (Wildman–Crippen LogP) is 1.74. The van der Waals surface area contributed by atoms with Crippen molar-refractivity contribution in [1.82, 2.24) is 25.0 Å². The minimum atomic E-state index is -0.387. The summed E-state index contributed by atoms with van der Waals surface area (Å²) in [7, 11) is 5.47. The zero-order valence-electron chi connectivity index (χ0n) is 15.7. The Morgan fingerprint density at radius 3 is 2.63 bits per heavy atom. The van der Waals surface area contributed by atoms with E-state index in [1.165, 1.54) is 18.2 Å². The number of hydrogen-bond donors (Lipinski definition) is 2. The van der Waals surface area contributed by atoms with Crippen LogP contribution in [-0.2, 0) is 7.05 Å². The average Bonchev–Trinajstić information content (AvgIpc) is 2.90. The molecule has 0 aliphatic carbocycles. The molecule has 3 aromatic rings. The van der Waals surface area contributed by atoms with Crippen molar-refractivity contribution in [2.75, 3.05) is 20.6 Å². The zero-order chi connectivity index (χ0) is 19.7. The average molecular weight is 371 g/mol. The minimum absolute atomic E-state index is 0.135. The lowest BCUT2D eigenvalue weighted by Crippen LogP contribution is -2.35. The van der Waals surface area contributed by atoms with E-state index in [0.717, 1.165) is 5.56 Å². The highest BCUT2D eigenvalue weighted by Crippen LogP contribution is 2.18. The second-order valence-corrected chi connectivity index (χ2v) is 6.72. The fourth-order valence-electron chi connectivity index (χ4n) is 3.15. The first-order chi connectivity index (χ1) is 12.8. The number of hydrogen-bond acceptors (Lipinski definition) is 4. The number of fused-ring (bicyclic) bond motifs is 1. The lowest BCUT2D eigenvalue weighted by atomic mass is 10.1. The van der Waals surface area contributed by atoms with Crippen LogP contribution in [0.3, 0.4) is 0 Å². The lowest BCUT2D eigenvalue weighted by Gasteiger charge is -2.25. The number of carbonyl (C=O) groups is 1. The van der Waals surface area contributed by atoms with Gasteiger partial charge in [-0.2, -0.15) is 5.10 Å². The SMILES string of the molecule is Cc1nn(C)c2[nH]c(C(=O)NCC(c3ccc(F)cc3)N(C)C)cc(=O)c12. The highest BCUT2D eigenvalue weighted by Gasteiger charge is 2.18. The van der Waals surface area contributed by atoms with Gasteiger partial charge in [-0.15, -0.1) is 0 Å². The third-order valence-corrected chi connectivity index (χ3v) is 4.58. The third kappa shape index (κ3) is 3.75. The van der Waals surface area contributed by atoms with Gasteiger partial charge in [0.05, 0.1) is 17.1 Å². The van der Waals surface area contributed by atoms with Gasteiger partial charge in [-0.05, 0) is 38.7 Å². The van der Waals surface area contributed by atoms with Crippen LogP contribution in [0.4, 0.5) is 4.39 Å². The molecule has 27 heavy (non-hydrogen) atoms. The van der Waals surface area contributed by atoms with Crippen molar-refractivity contribution in [3.05, 3.63) is 63.3 Å². The molecule has 8 heteroatoms. The van der Waals surface area contributed by atoms with Gasteiger partial charge in [-0.1, -0.05) is 12.1 Å². The van der Waals surface area contributed by atoms with E-state index < -0.39 is 0 Å². The largest absolute Gasteiger partial charge is 0.349 e. The Morgan fingerprint density at radius 2 is 2.00 bits per heavy atom. The second-order valence-electron chi connectivity index (χ2n) is 6.72. The summed E-state index contributed by atoms with van der Waals surface area (Å²) >= 11 is 0. The topological polar surface area (TPSA) is 83.0 Å². The number of nitrogens with zero attached hydrogens (tertiary/aromatic N) is 3. The number of aromatic amines is 1. The Labute approximate surface area is 155 Å². The molecule has 0 radical (unpaired) electrons. The molecular weight excluding hydrogens is 349 g/mol. The number of pyridine rings is 1. The van der Waals surface area contributed by atoms with E-state index in [2.05, 4.69) is 15.4 Å². The van der Waals surface area contributed by atoms with Gasteiger partial charge in [0.25, 0.3) is 5.91 Å². The molecule has 1 amide bonds. The first-order valence-electron chi connectivity index (χ1n) is 8.54. The van der Waals surface area contributed by atoms with Gasteiger partial charge in [0.1, 0.15) is 17.2 Å². The summed E-state index contributed by atoms with van der Waals surface area (Å²) in [5.41, 5.74) is 1.93. The van der Waals surface area contributed by atoms with E-state index in [1.54, 1.807) is 30.8 Å². The maximum absolute atomic E-state index is 13.2. The maximum Gasteiger partial charge on any atom is 0.267 e. The molecule has 0 spiro atoms. The number of H-pyrrole nitrogens is 1. The summed E-state index contributed by atoms with van der Waals surface area (Å²) in [6, 6.07) is 7.32. The van der Waals surface area contributed by atoms with E-state index in [9.17, 15) is 14.0 Å². The molecule has 0 saturated carbocycles. The molecule has 1 atom stereocenters. The van der Waals surface area contributed by atoms with Crippen LogP contribution in [-0.4, -0.2) is 46.2 Å². The fourth-order valence-corrected chi connectivity index (χ4v) is 3.15. The molecule has 0 saturated heterocycles. The van der Waals surface area contributed by atoms with Crippen molar-refractivity contribution in [2.24, 2.45) is 7.05 Å². The standard InChI is InChI=1S/C19H22FN5O2/c1-11-17-16(26)9-14(22-18(17)25(4)23-11)19(27)21-10-15(24(2)3)12-5-7-13(20)8-6-12/h5-9,15H,10H2,1-4H3,(H,21,27)(H,22,26). The van der Waals surface area contributed by atoms with E-state index in [4.69, 9.17) is 0 Å². The highest BCUT2D eigenvalue weighted by atomic mass is 19.1. The number of carbonyl (C=O) groups excluding carboxylic acids is 1. The van der Waals surface area contributed by atoms with Crippen LogP contribution >= 0.6 is 0 Å². The van der Waals surface area contributed by atoms with Gasteiger partial charge >= 0.3 is 0 Å². The van der Waals surface area contributed by atoms with Crippen LogP contribution in [0.5, 0.6) is 0 Å². The molecule has 2 aromatic heterocycles. The number of benzene rings is 1. The van der Waals surface area contributed by atoms with E-state index in [1.807, 2.05) is 19.0 Å². The summed E-state index contributed by atoms with van der Waals surface area (Å²) in [5.74, 6) is -0.695. The molecule has 1 aromatic carbocycles. The molecule has 2 heterocycles. The van der Waals surface area contributed by atoms with Gasteiger partial charge in [-0.3, -0.25) is 14.3 Å². The number of likely N-dealkylation sites (N-methyl/N-ethyl adjacent to an activating group) is 1. The van der Waals surface area contributed by atoms with E-state index >= 15 is 0 Å². The number of aryl methyl sites for hydroxylation is 2. The van der Waals surface area contributed by atoms with Gasteiger partial charge in [-0.25, -0.2) is 4.39 Å². The van der Waals surface area contributed by atoms with Crippen LogP contribution in [0, 0.1) is 12.7 Å². The molecule has 7 nitrogen and oxygen atoms in total. The van der Waals surface area contributed by atoms with Gasteiger partial charge < -0.3 is 15.2 Å². The Bertz CT molecular complexity index is 1040. The Balaban J connectivity index is 1.82. The first-order valence-corrected chi connectivity index (χ1v) is 8.54. The summed E-state index contributed by atoms with van der Waals surface area (Å²) < 4.78 is 14.7. The van der Waals surface area contributed by atoms with Crippen LogP contribution in [0.2, 0.25) is 0 Å². The van der Waals surface area contributed by atoms with Crippen molar-refractivity contribution in [3.8, 4) is 0 Å². The van der Waals surface area contributed by atoms with Crippen molar-refractivity contribution < 1.29 is 9.18 Å². The number of halogens is 1. The summed E-state index contributed by atoms with van der Waals surface area (Å²) in [4.78, 5) is 29.8. The van der Waals surface area contributed by atoms with Crippen molar-refractivity contribution in [2.45, 2.75) is 13.0 Å². The number of rotatable bonds is 5. The van der Waals surface area contributed by atoms with E-state index in [0.29, 0.717) is 23.3 Å². The quantitative estimate of drug-likeness (QED) is 0.716.